The van der Waals surface area contributed by atoms with Gasteiger partial charge in [0.05, 0.1) is 29.0 Å². The summed E-state index contributed by atoms with van der Waals surface area (Å²) in [6.45, 7) is 1.25. The first-order valence-electron chi connectivity index (χ1n) is 9.85. The molecule has 0 unspecified atom stereocenters. The summed E-state index contributed by atoms with van der Waals surface area (Å²) in [5, 5.41) is 13.8. The monoisotopic (exact) mass is 418 g/mol. The SMILES string of the molecule is COCCN(c1ccc(Cl)c(C(=O)NCC2(O)CCCCC2)c1)c1cnccn1. The van der Waals surface area contributed by atoms with E-state index in [0.29, 0.717) is 42.4 Å². The average molecular weight is 419 g/mol. The second-order valence-corrected chi connectivity index (χ2v) is 7.75. The number of carbonyl (C=O) groups excluding carboxylic acids is 1. The second-order valence-electron chi connectivity index (χ2n) is 7.34. The van der Waals surface area contributed by atoms with Crippen LogP contribution in [0.2, 0.25) is 5.02 Å². The van der Waals surface area contributed by atoms with Gasteiger partial charge in [-0.3, -0.25) is 9.78 Å². The van der Waals surface area contributed by atoms with Crippen LogP contribution < -0.4 is 10.2 Å². The quantitative estimate of drug-likeness (QED) is 0.683. The first kappa shape index (κ1) is 21.5. The number of ether oxygens (including phenoxy) is 1. The van der Waals surface area contributed by atoms with E-state index < -0.39 is 5.60 Å². The van der Waals surface area contributed by atoms with Gasteiger partial charge in [0.25, 0.3) is 5.91 Å². The van der Waals surface area contributed by atoms with Gasteiger partial charge in [0.2, 0.25) is 0 Å². The van der Waals surface area contributed by atoms with Crippen LogP contribution in [0.4, 0.5) is 11.5 Å². The summed E-state index contributed by atoms with van der Waals surface area (Å²) in [6.07, 6.45) is 9.38. The first-order valence-corrected chi connectivity index (χ1v) is 10.2. The summed E-state index contributed by atoms with van der Waals surface area (Å²) in [5.41, 5.74) is 0.283. The number of amides is 1. The van der Waals surface area contributed by atoms with Gasteiger partial charge in [-0.15, -0.1) is 0 Å². The number of rotatable bonds is 8. The Morgan fingerprint density at radius 3 is 2.79 bits per heavy atom. The molecule has 1 aliphatic carbocycles. The Hall–Kier alpha value is -2.22. The van der Waals surface area contributed by atoms with Gasteiger partial charge in [-0.25, -0.2) is 4.98 Å². The van der Waals surface area contributed by atoms with E-state index in [9.17, 15) is 9.90 Å². The van der Waals surface area contributed by atoms with E-state index in [1.807, 2.05) is 11.0 Å². The van der Waals surface area contributed by atoms with Gasteiger partial charge in [0, 0.05) is 38.3 Å². The van der Waals surface area contributed by atoms with Crippen molar-refractivity contribution in [1.29, 1.82) is 0 Å². The lowest BCUT2D eigenvalue weighted by Gasteiger charge is -2.32. The van der Waals surface area contributed by atoms with Crippen molar-refractivity contribution in [3.05, 3.63) is 47.4 Å². The fourth-order valence-electron chi connectivity index (χ4n) is 3.57. The normalized spacial score (nSPS) is 15.7. The van der Waals surface area contributed by atoms with E-state index in [1.54, 1.807) is 37.8 Å². The summed E-state index contributed by atoms with van der Waals surface area (Å²) in [5.74, 6) is 0.344. The van der Waals surface area contributed by atoms with Gasteiger partial charge in [0.15, 0.2) is 5.82 Å². The fraction of sp³-hybridized carbons (Fsp3) is 0.476. The standard InChI is InChI=1S/C21H27ClN4O3/c1-29-12-11-26(19-14-23-9-10-24-19)16-5-6-18(22)17(13-16)20(27)25-15-21(28)7-3-2-4-8-21/h5-6,9-10,13-14,28H,2-4,7-8,11-12,15H2,1H3,(H,25,27). The van der Waals surface area contributed by atoms with Crippen molar-refractivity contribution < 1.29 is 14.6 Å². The Labute approximate surface area is 176 Å². The van der Waals surface area contributed by atoms with Crippen LogP contribution in [-0.2, 0) is 4.74 Å². The number of methoxy groups -OCH3 is 1. The zero-order chi connectivity index (χ0) is 20.7. The van der Waals surface area contributed by atoms with Crippen LogP contribution in [0.15, 0.2) is 36.8 Å². The van der Waals surface area contributed by atoms with Crippen molar-refractivity contribution in [3.8, 4) is 0 Å². The van der Waals surface area contributed by atoms with Gasteiger partial charge in [-0.2, -0.15) is 0 Å². The minimum Gasteiger partial charge on any atom is -0.388 e. The van der Waals surface area contributed by atoms with E-state index >= 15 is 0 Å². The van der Waals surface area contributed by atoms with E-state index in [1.165, 1.54) is 0 Å². The molecule has 0 spiro atoms. The molecule has 8 heteroatoms. The zero-order valence-corrected chi connectivity index (χ0v) is 17.4. The number of carbonyl (C=O) groups is 1. The molecule has 7 nitrogen and oxygen atoms in total. The number of halogens is 1. The summed E-state index contributed by atoms with van der Waals surface area (Å²) in [6, 6.07) is 5.25. The molecule has 1 aliphatic rings. The van der Waals surface area contributed by atoms with Gasteiger partial charge in [-0.1, -0.05) is 30.9 Å². The maximum absolute atomic E-state index is 12.8. The van der Waals surface area contributed by atoms with Crippen molar-refractivity contribution in [2.75, 3.05) is 31.7 Å². The molecule has 0 atom stereocenters. The van der Waals surface area contributed by atoms with Crippen molar-refractivity contribution in [2.45, 2.75) is 37.7 Å². The van der Waals surface area contributed by atoms with Crippen molar-refractivity contribution >= 4 is 29.0 Å². The maximum atomic E-state index is 12.8. The number of benzene rings is 1. The number of hydrogen-bond donors (Lipinski definition) is 2. The number of nitrogens with zero attached hydrogens (tertiary/aromatic N) is 3. The van der Waals surface area contributed by atoms with Crippen LogP contribution >= 0.6 is 11.6 Å². The van der Waals surface area contributed by atoms with E-state index in [-0.39, 0.29) is 12.5 Å². The minimum atomic E-state index is -0.831. The lowest BCUT2D eigenvalue weighted by atomic mass is 9.85. The Bertz CT molecular complexity index is 813. The lowest BCUT2D eigenvalue weighted by Crippen LogP contribution is -2.44. The summed E-state index contributed by atoms with van der Waals surface area (Å²) >= 11 is 6.31. The molecule has 0 bridgehead atoms. The molecule has 1 aromatic carbocycles. The van der Waals surface area contributed by atoms with Crippen LogP contribution in [0.3, 0.4) is 0 Å². The molecule has 0 aliphatic heterocycles. The lowest BCUT2D eigenvalue weighted by molar-refractivity contribution is 0.00526. The maximum Gasteiger partial charge on any atom is 0.252 e. The van der Waals surface area contributed by atoms with Crippen molar-refractivity contribution in [3.63, 3.8) is 0 Å². The molecule has 29 heavy (non-hydrogen) atoms. The van der Waals surface area contributed by atoms with Gasteiger partial charge in [0.1, 0.15) is 0 Å². The molecule has 1 amide bonds. The number of nitrogens with one attached hydrogen (secondary N) is 1. The topological polar surface area (TPSA) is 87.6 Å². The number of aromatic nitrogens is 2. The van der Waals surface area contributed by atoms with Gasteiger partial charge < -0.3 is 20.1 Å². The Balaban J connectivity index is 1.79. The third kappa shape index (κ3) is 5.65. The fourth-order valence-corrected chi connectivity index (χ4v) is 3.77. The highest BCUT2D eigenvalue weighted by Crippen LogP contribution is 2.29. The summed E-state index contributed by atoms with van der Waals surface area (Å²) in [4.78, 5) is 23.2. The first-order chi connectivity index (χ1) is 14.0. The van der Waals surface area contributed by atoms with Crippen LogP contribution in [0.5, 0.6) is 0 Å². The van der Waals surface area contributed by atoms with E-state index in [0.717, 1.165) is 24.9 Å². The highest BCUT2D eigenvalue weighted by Gasteiger charge is 2.30. The minimum absolute atomic E-state index is 0.226. The van der Waals surface area contributed by atoms with Crippen molar-refractivity contribution in [2.24, 2.45) is 0 Å². The Morgan fingerprint density at radius 2 is 2.10 bits per heavy atom. The van der Waals surface area contributed by atoms with Crippen molar-refractivity contribution in [1.82, 2.24) is 15.3 Å². The van der Waals surface area contributed by atoms with Crippen LogP contribution in [0.25, 0.3) is 0 Å². The average Bonchev–Trinajstić information content (AvgIpc) is 2.74. The highest BCUT2D eigenvalue weighted by molar-refractivity contribution is 6.34. The third-order valence-corrected chi connectivity index (χ3v) is 5.54. The second kappa shape index (κ2) is 10.0. The largest absolute Gasteiger partial charge is 0.388 e. The van der Waals surface area contributed by atoms with Gasteiger partial charge in [-0.05, 0) is 31.0 Å². The highest BCUT2D eigenvalue weighted by atomic mass is 35.5. The molecule has 1 heterocycles. The predicted octanol–water partition coefficient (Wildman–Crippen LogP) is 3.34. The summed E-state index contributed by atoms with van der Waals surface area (Å²) < 4.78 is 5.21. The predicted molar refractivity (Wildman–Crippen MR) is 113 cm³/mol. The molecule has 1 aromatic heterocycles. The molecule has 0 radical (unpaired) electrons. The van der Waals surface area contributed by atoms with Gasteiger partial charge >= 0.3 is 0 Å². The summed E-state index contributed by atoms with van der Waals surface area (Å²) in [7, 11) is 1.63. The molecule has 2 N–H and O–H groups in total. The molecule has 1 saturated carbocycles. The molecule has 3 rings (SSSR count). The van der Waals surface area contributed by atoms with E-state index in [2.05, 4.69) is 15.3 Å². The molecular formula is C21H27ClN4O3. The smallest absolute Gasteiger partial charge is 0.252 e. The third-order valence-electron chi connectivity index (χ3n) is 5.21. The Morgan fingerprint density at radius 1 is 1.31 bits per heavy atom. The number of anilines is 2. The molecule has 156 valence electrons. The molecule has 2 aromatic rings. The van der Waals surface area contributed by atoms with Crippen LogP contribution in [0, 0.1) is 0 Å². The number of aliphatic hydroxyl groups is 1. The molecule has 0 saturated heterocycles. The van der Waals surface area contributed by atoms with Crippen LogP contribution in [0.1, 0.15) is 42.5 Å². The molecular weight excluding hydrogens is 392 g/mol. The number of hydrogen-bond acceptors (Lipinski definition) is 6. The molecule has 1 fully saturated rings. The zero-order valence-electron chi connectivity index (χ0n) is 16.6. The van der Waals surface area contributed by atoms with Crippen LogP contribution in [-0.4, -0.2) is 53.4 Å². The Kier molecular flexibility index (Phi) is 7.41. The van der Waals surface area contributed by atoms with E-state index in [4.69, 9.17) is 16.3 Å².